The van der Waals surface area contributed by atoms with Crippen molar-refractivity contribution in [3.8, 4) is 0 Å². The van der Waals surface area contributed by atoms with Crippen LogP contribution in [-0.2, 0) is 9.53 Å². The van der Waals surface area contributed by atoms with Gasteiger partial charge in [-0.3, -0.25) is 4.79 Å². The largest absolute Gasteiger partial charge is 0.381 e. The van der Waals surface area contributed by atoms with Crippen LogP contribution >= 0.6 is 0 Å². The maximum Gasteiger partial charge on any atom is 0.237 e. The molecule has 2 fully saturated rings. The number of carbonyl (C=O) groups is 1. The number of nitrogens with zero attached hydrogens (tertiary/aromatic N) is 1. The molecular weight excluding hydrogens is 266 g/mol. The van der Waals surface area contributed by atoms with Crippen molar-refractivity contribution in [1.29, 1.82) is 0 Å². The molecule has 2 rings (SSSR count). The average Bonchev–Trinajstić information content (AvgIpc) is 2.91. The Labute approximate surface area is 128 Å². The molecule has 1 amide bonds. The fourth-order valence-electron chi connectivity index (χ4n) is 3.41. The van der Waals surface area contributed by atoms with E-state index in [0.717, 1.165) is 52.2 Å². The molecule has 0 aromatic carbocycles. The van der Waals surface area contributed by atoms with Crippen LogP contribution in [0.4, 0.5) is 0 Å². The predicted octanol–water partition coefficient (Wildman–Crippen LogP) is 0.834. The standard InChI is InChI=1S/C16H31N3O2/c1-12(2)10-19-6-3-13(11-19)9-18-16(20)15(17)14-4-7-21-8-5-14/h12-15H,3-11,17H2,1-2H3,(H,18,20). The summed E-state index contributed by atoms with van der Waals surface area (Å²) in [5.41, 5.74) is 6.09. The Morgan fingerprint density at radius 1 is 1.33 bits per heavy atom. The number of hydrogen-bond donors (Lipinski definition) is 2. The molecule has 0 spiro atoms. The zero-order valence-corrected chi connectivity index (χ0v) is 13.5. The first-order valence-electron chi connectivity index (χ1n) is 8.39. The topological polar surface area (TPSA) is 67.6 Å². The van der Waals surface area contributed by atoms with Crippen molar-refractivity contribution in [1.82, 2.24) is 10.2 Å². The van der Waals surface area contributed by atoms with Gasteiger partial charge >= 0.3 is 0 Å². The van der Waals surface area contributed by atoms with Crippen molar-refractivity contribution in [2.24, 2.45) is 23.5 Å². The highest BCUT2D eigenvalue weighted by Gasteiger charge is 2.28. The van der Waals surface area contributed by atoms with E-state index in [1.807, 2.05) is 0 Å². The number of nitrogens with one attached hydrogen (secondary N) is 1. The predicted molar refractivity (Wildman–Crippen MR) is 83.9 cm³/mol. The molecule has 2 saturated heterocycles. The van der Waals surface area contributed by atoms with E-state index >= 15 is 0 Å². The summed E-state index contributed by atoms with van der Waals surface area (Å²) in [4.78, 5) is 14.7. The molecule has 0 radical (unpaired) electrons. The minimum absolute atomic E-state index is 0.0178. The van der Waals surface area contributed by atoms with Crippen LogP contribution in [0.1, 0.15) is 33.1 Å². The van der Waals surface area contributed by atoms with Gasteiger partial charge in [-0.15, -0.1) is 0 Å². The third-order valence-electron chi connectivity index (χ3n) is 4.63. The Balaban J connectivity index is 1.67. The van der Waals surface area contributed by atoms with E-state index in [1.54, 1.807) is 0 Å². The summed E-state index contributed by atoms with van der Waals surface area (Å²) in [7, 11) is 0. The lowest BCUT2D eigenvalue weighted by Gasteiger charge is -2.27. The molecule has 2 unspecified atom stereocenters. The van der Waals surface area contributed by atoms with Crippen molar-refractivity contribution in [3.05, 3.63) is 0 Å². The SMILES string of the molecule is CC(C)CN1CCC(CNC(=O)C(N)C2CCOCC2)C1. The van der Waals surface area contributed by atoms with E-state index in [9.17, 15) is 4.79 Å². The Kier molecular flexibility index (Phi) is 6.45. The fraction of sp³-hybridized carbons (Fsp3) is 0.938. The quantitative estimate of drug-likeness (QED) is 0.762. The fourth-order valence-corrected chi connectivity index (χ4v) is 3.41. The van der Waals surface area contributed by atoms with Crippen LogP contribution in [0.15, 0.2) is 0 Å². The lowest BCUT2D eigenvalue weighted by molar-refractivity contribution is -0.124. The zero-order chi connectivity index (χ0) is 15.2. The van der Waals surface area contributed by atoms with Gasteiger partial charge < -0.3 is 20.7 Å². The van der Waals surface area contributed by atoms with Gasteiger partial charge in [-0.05, 0) is 43.6 Å². The van der Waals surface area contributed by atoms with Gasteiger partial charge in [0, 0.05) is 32.8 Å². The van der Waals surface area contributed by atoms with Crippen LogP contribution in [-0.4, -0.2) is 56.2 Å². The summed E-state index contributed by atoms with van der Waals surface area (Å²) in [5, 5.41) is 3.06. The van der Waals surface area contributed by atoms with Gasteiger partial charge in [0.2, 0.25) is 5.91 Å². The molecular formula is C16H31N3O2. The van der Waals surface area contributed by atoms with E-state index in [0.29, 0.717) is 11.8 Å². The highest BCUT2D eigenvalue weighted by molar-refractivity contribution is 5.81. The van der Waals surface area contributed by atoms with Gasteiger partial charge in [-0.25, -0.2) is 0 Å². The van der Waals surface area contributed by atoms with Crippen LogP contribution in [0, 0.1) is 17.8 Å². The first-order chi connectivity index (χ1) is 10.1. The van der Waals surface area contributed by atoms with E-state index < -0.39 is 0 Å². The minimum atomic E-state index is -0.373. The molecule has 21 heavy (non-hydrogen) atoms. The number of likely N-dealkylation sites (tertiary alicyclic amines) is 1. The van der Waals surface area contributed by atoms with Gasteiger partial charge in [0.1, 0.15) is 0 Å². The van der Waals surface area contributed by atoms with E-state index in [4.69, 9.17) is 10.5 Å². The number of amides is 1. The van der Waals surface area contributed by atoms with Crippen LogP contribution in [0.2, 0.25) is 0 Å². The van der Waals surface area contributed by atoms with Crippen molar-refractivity contribution >= 4 is 5.91 Å². The molecule has 122 valence electrons. The summed E-state index contributed by atoms with van der Waals surface area (Å²) in [6.45, 7) is 10.2. The molecule has 0 aromatic heterocycles. The summed E-state index contributed by atoms with van der Waals surface area (Å²) in [6.07, 6.45) is 2.99. The van der Waals surface area contributed by atoms with E-state index in [2.05, 4.69) is 24.1 Å². The number of hydrogen-bond acceptors (Lipinski definition) is 4. The zero-order valence-electron chi connectivity index (χ0n) is 13.5. The highest BCUT2D eigenvalue weighted by Crippen LogP contribution is 2.19. The van der Waals surface area contributed by atoms with E-state index in [-0.39, 0.29) is 17.9 Å². The maximum absolute atomic E-state index is 12.2. The lowest BCUT2D eigenvalue weighted by atomic mass is 9.92. The van der Waals surface area contributed by atoms with Crippen LogP contribution < -0.4 is 11.1 Å². The second-order valence-corrected chi connectivity index (χ2v) is 7.03. The Morgan fingerprint density at radius 3 is 2.71 bits per heavy atom. The van der Waals surface area contributed by atoms with Crippen LogP contribution in [0.3, 0.4) is 0 Å². The van der Waals surface area contributed by atoms with E-state index in [1.165, 1.54) is 6.42 Å². The molecule has 3 N–H and O–H groups in total. The molecule has 2 aliphatic rings. The first kappa shape index (κ1) is 16.7. The van der Waals surface area contributed by atoms with Gasteiger partial charge in [-0.2, -0.15) is 0 Å². The molecule has 2 aliphatic heterocycles. The first-order valence-corrected chi connectivity index (χ1v) is 8.39. The Bertz CT molecular complexity index is 329. The summed E-state index contributed by atoms with van der Waals surface area (Å²) >= 11 is 0. The molecule has 5 nitrogen and oxygen atoms in total. The summed E-state index contributed by atoms with van der Waals surface area (Å²) < 4.78 is 5.32. The van der Waals surface area contributed by atoms with Gasteiger partial charge in [-0.1, -0.05) is 13.8 Å². The van der Waals surface area contributed by atoms with Gasteiger partial charge in [0.15, 0.2) is 0 Å². The normalized spacial score (nSPS) is 26.2. The second-order valence-electron chi connectivity index (χ2n) is 7.03. The van der Waals surface area contributed by atoms with Crippen molar-refractivity contribution in [3.63, 3.8) is 0 Å². The van der Waals surface area contributed by atoms with Crippen molar-refractivity contribution in [2.45, 2.75) is 39.2 Å². The molecule has 0 bridgehead atoms. The van der Waals surface area contributed by atoms with Gasteiger partial charge in [0.25, 0.3) is 0 Å². The summed E-state index contributed by atoms with van der Waals surface area (Å²) in [6, 6.07) is -0.373. The number of rotatable bonds is 6. The smallest absolute Gasteiger partial charge is 0.237 e. The van der Waals surface area contributed by atoms with Crippen LogP contribution in [0.25, 0.3) is 0 Å². The maximum atomic E-state index is 12.2. The van der Waals surface area contributed by atoms with Crippen LogP contribution in [0.5, 0.6) is 0 Å². The molecule has 2 heterocycles. The average molecular weight is 297 g/mol. The minimum Gasteiger partial charge on any atom is -0.381 e. The third-order valence-corrected chi connectivity index (χ3v) is 4.63. The summed E-state index contributed by atoms with van der Waals surface area (Å²) in [5.74, 6) is 1.58. The molecule has 0 aromatic rings. The molecule has 2 atom stereocenters. The number of ether oxygens (including phenoxy) is 1. The Morgan fingerprint density at radius 2 is 2.05 bits per heavy atom. The molecule has 5 heteroatoms. The monoisotopic (exact) mass is 297 g/mol. The van der Waals surface area contributed by atoms with Crippen molar-refractivity contribution in [2.75, 3.05) is 39.4 Å². The number of carbonyl (C=O) groups excluding carboxylic acids is 1. The molecule has 0 saturated carbocycles. The second kappa shape index (κ2) is 8.11. The Hall–Kier alpha value is -0.650. The number of nitrogens with two attached hydrogens (primary N) is 1. The molecule has 0 aliphatic carbocycles. The highest BCUT2D eigenvalue weighted by atomic mass is 16.5. The van der Waals surface area contributed by atoms with Gasteiger partial charge in [0.05, 0.1) is 6.04 Å². The third kappa shape index (κ3) is 5.24. The van der Waals surface area contributed by atoms with Crippen molar-refractivity contribution < 1.29 is 9.53 Å². The lowest BCUT2D eigenvalue weighted by Crippen LogP contribution is -2.48.